The minimum atomic E-state index is -0.279. The predicted molar refractivity (Wildman–Crippen MR) is 47.4 cm³/mol. The molecule has 0 amide bonds. The van der Waals surface area contributed by atoms with Gasteiger partial charge in [0.15, 0.2) is 0 Å². The predicted octanol–water partition coefficient (Wildman–Crippen LogP) is 2.42. The second kappa shape index (κ2) is 3.72. The normalized spacial score (nSPS) is 28.3. The third-order valence-corrected chi connectivity index (χ3v) is 2.37. The summed E-state index contributed by atoms with van der Waals surface area (Å²) in [6, 6.07) is 0. The van der Waals surface area contributed by atoms with Gasteiger partial charge in [-0.1, -0.05) is 12.2 Å². The fourth-order valence-corrected chi connectivity index (χ4v) is 1.61. The van der Waals surface area contributed by atoms with E-state index < -0.39 is 0 Å². The van der Waals surface area contributed by atoms with Gasteiger partial charge < -0.3 is 5.11 Å². The van der Waals surface area contributed by atoms with Crippen molar-refractivity contribution in [2.75, 3.05) is 0 Å². The monoisotopic (exact) mass is 152 g/mol. The molecule has 0 spiro atoms. The van der Waals surface area contributed by atoms with Crippen LogP contribution in [0.3, 0.4) is 0 Å². The molecule has 0 atom stereocenters. The second-order valence-electron chi connectivity index (χ2n) is 2.98. The Labute approximate surface area is 68.4 Å². The van der Waals surface area contributed by atoms with Gasteiger partial charge in [0.2, 0.25) is 0 Å². The van der Waals surface area contributed by atoms with Gasteiger partial charge in [-0.25, -0.2) is 0 Å². The van der Waals surface area contributed by atoms with E-state index in [1.165, 1.54) is 17.6 Å². The molecule has 0 aromatic carbocycles. The molecular formula is C10H16O. The standard InChI is InChI=1S/C10H16O/c1-3-8-6-5-7-9(4-2)10(8)11/h3-4,10-11H,5-7H2,1-2H3/b8-3-,9-4-. The minimum Gasteiger partial charge on any atom is -0.384 e. The van der Waals surface area contributed by atoms with E-state index in [1.54, 1.807) is 0 Å². The van der Waals surface area contributed by atoms with Crippen molar-refractivity contribution in [1.82, 2.24) is 0 Å². The number of hydrogen-bond acceptors (Lipinski definition) is 1. The molecule has 1 heteroatoms. The Bertz CT molecular complexity index is 169. The van der Waals surface area contributed by atoms with Crippen LogP contribution in [0.2, 0.25) is 0 Å². The summed E-state index contributed by atoms with van der Waals surface area (Å²) >= 11 is 0. The molecule has 1 fully saturated rings. The number of hydrogen-bond donors (Lipinski definition) is 1. The quantitative estimate of drug-likeness (QED) is 0.528. The SMILES string of the molecule is C/C=C1/CCC/C(=C/C)C1O. The smallest absolute Gasteiger partial charge is 0.0960 e. The highest BCUT2D eigenvalue weighted by atomic mass is 16.3. The van der Waals surface area contributed by atoms with Gasteiger partial charge in [-0.15, -0.1) is 0 Å². The topological polar surface area (TPSA) is 20.2 Å². The summed E-state index contributed by atoms with van der Waals surface area (Å²) in [6.07, 6.45) is 7.11. The molecule has 11 heavy (non-hydrogen) atoms. The Balaban J connectivity index is 2.75. The van der Waals surface area contributed by atoms with Crippen molar-refractivity contribution in [1.29, 1.82) is 0 Å². The van der Waals surface area contributed by atoms with Crippen molar-refractivity contribution in [3.8, 4) is 0 Å². The number of aliphatic hydroxyl groups is 1. The highest BCUT2D eigenvalue weighted by Crippen LogP contribution is 2.27. The van der Waals surface area contributed by atoms with E-state index in [4.69, 9.17) is 0 Å². The van der Waals surface area contributed by atoms with Gasteiger partial charge in [-0.3, -0.25) is 0 Å². The van der Waals surface area contributed by atoms with Crippen LogP contribution in [0.5, 0.6) is 0 Å². The van der Waals surface area contributed by atoms with Gasteiger partial charge >= 0.3 is 0 Å². The van der Waals surface area contributed by atoms with Gasteiger partial charge in [0.25, 0.3) is 0 Å². The van der Waals surface area contributed by atoms with E-state index in [-0.39, 0.29) is 6.10 Å². The Hall–Kier alpha value is -0.560. The van der Waals surface area contributed by atoms with Crippen LogP contribution in [0, 0.1) is 0 Å². The molecule has 0 unspecified atom stereocenters. The average Bonchev–Trinajstić information content (AvgIpc) is 2.05. The van der Waals surface area contributed by atoms with E-state index in [0.29, 0.717) is 0 Å². The summed E-state index contributed by atoms with van der Waals surface area (Å²) in [4.78, 5) is 0. The lowest BCUT2D eigenvalue weighted by Gasteiger charge is -2.23. The van der Waals surface area contributed by atoms with Crippen LogP contribution in [-0.4, -0.2) is 11.2 Å². The molecule has 62 valence electrons. The Morgan fingerprint density at radius 2 is 1.64 bits per heavy atom. The third-order valence-electron chi connectivity index (χ3n) is 2.37. The Morgan fingerprint density at radius 3 is 2.00 bits per heavy atom. The first kappa shape index (κ1) is 8.54. The fourth-order valence-electron chi connectivity index (χ4n) is 1.61. The van der Waals surface area contributed by atoms with Gasteiger partial charge in [0.1, 0.15) is 0 Å². The van der Waals surface area contributed by atoms with Crippen LogP contribution in [0.4, 0.5) is 0 Å². The summed E-state index contributed by atoms with van der Waals surface area (Å²) in [5.74, 6) is 0. The zero-order valence-corrected chi connectivity index (χ0v) is 7.30. The van der Waals surface area contributed by atoms with Crippen molar-refractivity contribution in [2.24, 2.45) is 0 Å². The highest BCUT2D eigenvalue weighted by molar-refractivity contribution is 5.25. The molecule has 1 saturated carbocycles. The molecule has 1 N–H and O–H groups in total. The van der Waals surface area contributed by atoms with Crippen LogP contribution < -0.4 is 0 Å². The lowest BCUT2D eigenvalue weighted by molar-refractivity contribution is 0.226. The van der Waals surface area contributed by atoms with Gasteiger partial charge in [-0.2, -0.15) is 0 Å². The molecule has 1 aliphatic carbocycles. The van der Waals surface area contributed by atoms with Crippen molar-refractivity contribution < 1.29 is 5.11 Å². The van der Waals surface area contributed by atoms with Gasteiger partial charge in [0.05, 0.1) is 6.10 Å². The number of allylic oxidation sites excluding steroid dienone is 2. The molecule has 0 radical (unpaired) electrons. The molecular weight excluding hydrogens is 136 g/mol. The van der Waals surface area contributed by atoms with E-state index >= 15 is 0 Å². The summed E-state index contributed by atoms with van der Waals surface area (Å²) in [5, 5.41) is 9.69. The van der Waals surface area contributed by atoms with Crippen LogP contribution in [0.1, 0.15) is 33.1 Å². The first-order valence-corrected chi connectivity index (χ1v) is 4.27. The molecule has 1 nitrogen and oxygen atoms in total. The van der Waals surface area contributed by atoms with Crippen LogP contribution >= 0.6 is 0 Å². The van der Waals surface area contributed by atoms with E-state index in [0.717, 1.165) is 12.8 Å². The summed E-state index contributed by atoms with van der Waals surface area (Å²) in [6.45, 7) is 3.99. The molecule has 1 aliphatic rings. The number of aliphatic hydroxyl groups excluding tert-OH is 1. The highest BCUT2D eigenvalue weighted by Gasteiger charge is 2.18. The molecule has 0 heterocycles. The molecule has 0 bridgehead atoms. The first-order valence-electron chi connectivity index (χ1n) is 4.27. The second-order valence-corrected chi connectivity index (χ2v) is 2.98. The lowest BCUT2D eigenvalue weighted by atomic mass is 9.87. The van der Waals surface area contributed by atoms with Crippen molar-refractivity contribution in [3.05, 3.63) is 23.3 Å². The number of rotatable bonds is 0. The van der Waals surface area contributed by atoms with E-state index in [2.05, 4.69) is 0 Å². The van der Waals surface area contributed by atoms with E-state index in [1.807, 2.05) is 26.0 Å². The summed E-state index contributed by atoms with van der Waals surface area (Å²) in [5.41, 5.74) is 2.37. The summed E-state index contributed by atoms with van der Waals surface area (Å²) < 4.78 is 0. The Kier molecular flexibility index (Phi) is 2.89. The van der Waals surface area contributed by atoms with Crippen LogP contribution in [-0.2, 0) is 0 Å². The lowest BCUT2D eigenvalue weighted by Crippen LogP contribution is -2.18. The molecule has 0 aliphatic heterocycles. The van der Waals surface area contributed by atoms with Gasteiger partial charge in [-0.05, 0) is 44.3 Å². The average molecular weight is 152 g/mol. The fraction of sp³-hybridized carbons (Fsp3) is 0.600. The minimum absolute atomic E-state index is 0.279. The maximum atomic E-state index is 9.69. The maximum absolute atomic E-state index is 9.69. The Morgan fingerprint density at radius 1 is 1.18 bits per heavy atom. The maximum Gasteiger partial charge on any atom is 0.0960 e. The summed E-state index contributed by atoms with van der Waals surface area (Å²) in [7, 11) is 0. The zero-order chi connectivity index (χ0) is 8.27. The first-order chi connectivity index (χ1) is 5.29. The van der Waals surface area contributed by atoms with Crippen molar-refractivity contribution in [2.45, 2.75) is 39.2 Å². The largest absolute Gasteiger partial charge is 0.384 e. The molecule has 0 aromatic heterocycles. The zero-order valence-electron chi connectivity index (χ0n) is 7.30. The van der Waals surface area contributed by atoms with Crippen LogP contribution in [0.25, 0.3) is 0 Å². The third kappa shape index (κ3) is 1.72. The molecule has 0 aromatic rings. The van der Waals surface area contributed by atoms with Crippen molar-refractivity contribution >= 4 is 0 Å². The van der Waals surface area contributed by atoms with Crippen LogP contribution in [0.15, 0.2) is 23.3 Å². The molecule has 0 saturated heterocycles. The van der Waals surface area contributed by atoms with E-state index in [9.17, 15) is 5.11 Å². The molecule has 1 rings (SSSR count). The van der Waals surface area contributed by atoms with Gasteiger partial charge in [0, 0.05) is 0 Å². The van der Waals surface area contributed by atoms with Crippen molar-refractivity contribution in [3.63, 3.8) is 0 Å².